The summed E-state index contributed by atoms with van der Waals surface area (Å²) in [5, 5.41) is 5.90. The van der Waals surface area contributed by atoms with Gasteiger partial charge in [-0.1, -0.05) is 25.3 Å². The monoisotopic (exact) mass is 317 g/mol. The highest BCUT2D eigenvalue weighted by molar-refractivity contribution is 5.95. The van der Waals surface area contributed by atoms with E-state index < -0.39 is 0 Å². The second kappa shape index (κ2) is 8.56. The van der Waals surface area contributed by atoms with Crippen molar-refractivity contribution in [3.05, 3.63) is 29.8 Å². The Hall–Kier alpha value is -2.04. The van der Waals surface area contributed by atoms with E-state index in [9.17, 15) is 9.59 Å². The van der Waals surface area contributed by atoms with Gasteiger partial charge in [0.2, 0.25) is 5.91 Å². The summed E-state index contributed by atoms with van der Waals surface area (Å²) in [6, 6.07) is 7.61. The molecular formula is C18H27N3O2. The quantitative estimate of drug-likeness (QED) is 0.848. The number of nitrogens with one attached hydrogen (secondary N) is 2. The summed E-state index contributed by atoms with van der Waals surface area (Å²) in [6.07, 6.45) is 5.92. The molecule has 5 heteroatoms. The summed E-state index contributed by atoms with van der Waals surface area (Å²) in [5.74, 6) is 0.00196. The van der Waals surface area contributed by atoms with Crippen LogP contribution in [-0.4, -0.2) is 42.9 Å². The SMILES string of the molecule is CCNC(=O)c1cccc(NCC(=O)N(C)C2CCCCC2)c1. The highest BCUT2D eigenvalue weighted by Gasteiger charge is 2.21. The van der Waals surface area contributed by atoms with Gasteiger partial charge >= 0.3 is 0 Å². The number of amides is 2. The Kier molecular flexibility index (Phi) is 6.44. The van der Waals surface area contributed by atoms with Crippen molar-refractivity contribution in [2.75, 3.05) is 25.5 Å². The van der Waals surface area contributed by atoms with Gasteiger partial charge < -0.3 is 15.5 Å². The lowest BCUT2D eigenvalue weighted by Gasteiger charge is -2.31. The van der Waals surface area contributed by atoms with Crippen LogP contribution >= 0.6 is 0 Å². The number of hydrogen-bond donors (Lipinski definition) is 2. The summed E-state index contributed by atoms with van der Waals surface area (Å²) < 4.78 is 0. The second-order valence-electron chi connectivity index (χ2n) is 6.09. The molecule has 1 fully saturated rings. The molecule has 0 saturated heterocycles. The van der Waals surface area contributed by atoms with Crippen molar-refractivity contribution in [1.29, 1.82) is 0 Å². The highest BCUT2D eigenvalue weighted by Crippen LogP contribution is 2.21. The molecule has 2 amide bonds. The van der Waals surface area contributed by atoms with Crippen LogP contribution in [0.2, 0.25) is 0 Å². The maximum absolute atomic E-state index is 12.3. The third kappa shape index (κ3) is 4.98. The van der Waals surface area contributed by atoms with Gasteiger partial charge in [0.1, 0.15) is 0 Å². The highest BCUT2D eigenvalue weighted by atomic mass is 16.2. The van der Waals surface area contributed by atoms with E-state index in [0.29, 0.717) is 18.2 Å². The van der Waals surface area contributed by atoms with Gasteiger partial charge in [-0.25, -0.2) is 0 Å². The van der Waals surface area contributed by atoms with Crippen LogP contribution in [0.15, 0.2) is 24.3 Å². The van der Waals surface area contributed by atoms with Gasteiger partial charge in [-0.2, -0.15) is 0 Å². The third-order valence-electron chi connectivity index (χ3n) is 4.42. The van der Waals surface area contributed by atoms with Crippen LogP contribution in [0.25, 0.3) is 0 Å². The first-order valence-electron chi connectivity index (χ1n) is 8.49. The average molecular weight is 317 g/mol. The molecule has 0 aromatic heterocycles. The van der Waals surface area contributed by atoms with Crippen molar-refractivity contribution in [3.63, 3.8) is 0 Å². The zero-order valence-electron chi connectivity index (χ0n) is 14.1. The third-order valence-corrected chi connectivity index (χ3v) is 4.42. The lowest BCUT2D eigenvalue weighted by atomic mass is 9.94. The average Bonchev–Trinajstić information content (AvgIpc) is 2.60. The molecule has 0 radical (unpaired) electrons. The van der Waals surface area contributed by atoms with E-state index in [1.54, 1.807) is 12.1 Å². The fraction of sp³-hybridized carbons (Fsp3) is 0.556. The first kappa shape index (κ1) is 17.3. The molecular weight excluding hydrogens is 290 g/mol. The van der Waals surface area contributed by atoms with Crippen LogP contribution in [-0.2, 0) is 4.79 Å². The summed E-state index contributed by atoms with van der Waals surface area (Å²) in [5.41, 5.74) is 1.39. The van der Waals surface area contributed by atoms with E-state index in [2.05, 4.69) is 10.6 Å². The van der Waals surface area contributed by atoms with Gasteiger partial charge in [-0.05, 0) is 38.0 Å². The molecule has 0 aliphatic heterocycles. The Morgan fingerprint density at radius 2 is 1.96 bits per heavy atom. The Balaban J connectivity index is 1.88. The maximum Gasteiger partial charge on any atom is 0.251 e. The topological polar surface area (TPSA) is 61.4 Å². The molecule has 1 aromatic carbocycles. The van der Waals surface area contributed by atoms with Crippen molar-refractivity contribution >= 4 is 17.5 Å². The number of rotatable bonds is 6. The molecule has 2 rings (SSSR count). The smallest absolute Gasteiger partial charge is 0.251 e. The molecule has 1 aliphatic rings. The Labute approximate surface area is 138 Å². The number of anilines is 1. The molecule has 0 spiro atoms. The fourth-order valence-electron chi connectivity index (χ4n) is 3.01. The molecule has 0 bridgehead atoms. The number of benzene rings is 1. The lowest BCUT2D eigenvalue weighted by molar-refractivity contribution is -0.130. The second-order valence-corrected chi connectivity index (χ2v) is 6.09. The van der Waals surface area contributed by atoms with Gasteiger partial charge in [0.15, 0.2) is 0 Å². The van der Waals surface area contributed by atoms with Gasteiger partial charge in [-0.15, -0.1) is 0 Å². The van der Waals surface area contributed by atoms with Gasteiger partial charge in [0, 0.05) is 30.9 Å². The van der Waals surface area contributed by atoms with Crippen LogP contribution in [0.4, 0.5) is 5.69 Å². The minimum Gasteiger partial charge on any atom is -0.376 e. The normalized spacial score (nSPS) is 15.0. The van der Waals surface area contributed by atoms with Crippen LogP contribution < -0.4 is 10.6 Å². The molecule has 2 N–H and O–H groups in total. The number of likely N-dealkylation sites (N-methyl/N-ethyl adjacent to an activating group) is 1. The van der Waals surface area contributed by atoms with E-state index >= 15 is 0 Å². The minimum absolute atomic E-state index is 0.0956. The summed E-state index contributed by atoms with van der Waals surface area (Å²) >= 11 is 0. The van der Waals surface area contributed by atoms with Gasteiger partial charge in [-0.3, -0.25) is 9.59 Å². The molecule has 5 nitrogen and oxygen atoms in total. The standard InChI is InChI=1S/C18H27N3O2/c1-3-19-18(23)14-8-7-9-15(12-14)20-13-17(22)21(2)16-10-5-4-6-11-16/h7-9,12,16,20H,3-6,10-11,13H2,1-2H3,(H,19,23). The number of hydrogen-bond acceptors (Lipinski definition) is 3. The molecule has 1 aliphatic carbocycles. The van der Waals surface area contributed by atoms with Crippen molar-refractivity contribution < 1.29 is 9.59 Å². The fourth-order valence-corrected chi connectivity index (χ4v) is 3.01. The van der Waals surface area contributed by atoms with E-state index in [1.165, 1.54) is 19.3 Å². The zero-order valence-corrected chi connectivity index (χ0v) is 14.1. The zero-order chi connectivity index (χ0) is 16.7. The molecule has 0 heterocycles. The predicted octanol–water partition coefficient (Wildman–Crippen LogP) is 2.64. The van der Waals surface area contributed by atoms with E-state index in [1.807, 2.05) is 31.0 Å². The largest absolute Gasteiger partial charge is 0.376 e. The van der Waals surface area contributed by atoms with Crippen molar-refractivity contribution in [2.45, 2.75) is 45.1 Å². The molecule has 0 atom stereocenters. The predicted molar refractivity (Wildman–Crippen MR) is 92.6 cm³/mol. The van der Waals surface area contributed by atoms with Crippen molar-refractivity contribution in [3.8, 4) is 0 Å². The van der Waals surface area contributed by atoms with Crippen LogP contribution in [0, 0.1) is 0 Å². The van der Waals surface area contributed by atoms with Crippen molar-refractivity contribution in [2.24, 2.45) is 0 Å². The number of carbonyl (C=O) groups is 2. The molecule has 23 heavy (non-hydrogen) atoms. The Bertz CT molecular complexity index is 539. The maximum atomic E-state index is 12.3. The number of nitrogens with zero attached hydrogens (tertiary/aromatic N) is 1. The summed E-state index contributed by atoms with van der Waals surface area (Å²) in [6.45, 7) is 2.74. The van der Waals surface area contributed by atoms with Crippen LogP contribution in [0.5, 0.6) is 0 Å². The van der Waals surface area contributed by atoms with E-state index in [0.717, 1.165) is 18.5 Å². The van der Waals surface area contributed by atoms with Crippen LogP contribution in [0.1, 0.15) is 49.4 Å². The first-order valence-corrected chi connectivity index (χ1v) is 8.49. The van der Waals surface area contributed by atoms with Crippen molar-refractivity contribution in [1.82, 2.24) is 10.2 Å². The lowest BCUT2D eigenvalue weighted by Crippen LogP contribution is -2.41. The van der Waals surface area contributed by atoms with E-state index in [-0.39, 0.29) is 18.4 Å². The Morgan fingerprint density at radius 1 is 1.22 bits per heavy atom. The molecule has 1 saturated carbocycles. The van der Waals surface area contributed by atoms with Gasteiger partial charge in [0.05, 0.1) is 6.54 Å². The molecule has 0 unspecified atom stereocenters. The first-order chi connectivity index (χ1) is 11.1. The summed E-state index contributed by atoms with van der Waals surface area (Å²) in [4.78, 5) is 26.0. The number of carbonyl (C=O) groups excluding carboxylic acids is 2. The summed E-state index contributed by atoms with van der Waals surface area (Å²) in [7, 11) is 1.89. The minimum atomic E-state index is -0.0956. The van der Waals surface area contributed by atoms with Crippen LogP contribution in [0.3, 0.4) is 0 Å². The Morgan fingerprint density at radius 3 is 2.65 bits per heavy atom. The molecule has 1 aromatic rings. The molecule has 126 valence electrons. The van der Waals surface area contributed by atoms with Gasteiger partial charge in [0.25, 0.3) is 5.91 Å². The van der Waals surface area contributed by atoms with E-state index in [4.69, 9.17) is 0 Å².